The van der Waals surface area contributed by atoms with Crippen molar-refractivity contribution < 1.29 is 9.90 Å². The summed E-state index contributed by atoms with van der Waals surface area (Å²) in [5.74, 6) is 0.0841. The molecule has 0 unspecified atom stereocenters. The molecule has 1 aromatic heterocycles. The molecule has 0 spiro atoms. The SMILES string of the molecule is O=C(O)c1ccnc(C2CCCCCC2)n1. The Morgan fingerprint density at radius 3 is 2.56 bits per heavy atom. The van der Waals surface area contributed by atoms with Gasteiger partial charge in [0.1, 0.15) is 5.82 Å². The van der Waals surface area contributed by atoms with E-state index in [1.54, 1.807) is 6.20 Å². The van der Waals surface area contributed by atoms with Crippen molar-refractivity contribution in [3.63, 3.8) is 0 Å². The summed E-state index contributed by atoms with van der Waals surface area (Å²) in [5, 5.41) is 8.87. The molecule has 0 aromatic carbocycles. The van der Waals surface area contributed by atoms with E-state index in [9.17, 15) is 4.79 Å². The van der Waals surface area contributed by atoms with Gasteiger partial charge in [-0.25, -0.2) is 14.8 Å². The summed E-state index contributed by atoms with van der Waals surface area (Å²) >= 11 is 0. The van der Waals surface area contributed by atoms with E-state index in [0.717, 1.165) is 12.8 Å². The fourth-order valence-corrected chi connectivity index (χ4v) is 2.23. The Morgan fingerprint density at radius 2 is 1.94 bits per heavy atom. The van der Waals surface area contributed by atoms with Crippen molar-refractivity contribution in [1.29, 1.82) is 0 Å². The topological polar surface area (TPSA) is 63.1 Å². The van der Waals surface area contributed by atoms with Crippen molar-refractivity contribution >= 4 is 5.97 Å². The van der Waals surface area contributed by atoms with Crippen LogP contribution in [0.1, 0.15) is 60.8 Å². The molecule has 1 aliphatic rings. The minimum Gasteiger partial charge on any atom is -0.477 e. The summed E-state index contributed by atoms with van der Waals surface area (Å²) < 4.78 is 0. The summed E-state index contributed by atoms with van der Waals surface area (Å²) in [6.07, 6.45) is 8.67. The lowest BCUT2D eigenvalue weighted by Gasteiger charge is -2.12. The number of carbonyl (C=O) groups is 1. The van der Waals surface area contributed by atoms with E-state index in [2.05, 4.69) is 9.97 Å². The second-order valence-electron chi connectivity index (χ2n) is 4.29. The van der Waals surface area contributed by atoms with Crippen LogP contribution in [-0.2, 0) is 0 Å². The van der Waals surface area contributed by atoms with Crippen molar-refractivity contribution in [2.75, 3.05) is 0 Å². The van der Waals surface area contributed by atoms with Gasteiger partial charge < -0.3 is 5.11 Å². The van der Waals surface area contributed by atoms with Gasteiger partial charge in [-0.2, -0.15) is 0 Å². The lowest BCUT2D eigenvalue weighted by Crippen LogP contribution is -2.08. The van der Waals surface area contributed by atoms with Gasteiger partial charge in [0.05, 0.1) is 0 Å². The molecule has 1 aromatic rings. The van der Waals surface area contributed by atoms with Crippen molar-refractivity contribution in [2.45, 2.75) is 44.4 Å². The molecule has 0 saturated heterocycles. The Bertz CT molecular complexity index is 371. The van der Waals surface area contributed by atoms with Gasteiger partial charge in [0.15, 0.2) is 5.69 Å². The van der Waals surface area contributed by atoms with Crippen LogP contribution in [0.2, 0.25) is 0 Å². The lowest BCUT2D eigenvalue weighted by molar-refractivity contribution is 0.0689. The molecule has 0 aliphatic heterocycles. The third-order valence-electron chi connectivity index (χ3n) is 3.11. The summed E-state index contributed by atoms with van der Waals surface area (Å²) in [4.78, 5) is 19.2. The minimum atomic E-state index is -0.975. The highest BCUT2D eigenvalue weighted by Gasteiger charge is 2.18. The zero-order valence-corrected chi connectivity index (χ0v) is 9.22. The summed E-state index contributed by atoms with van der Waals surface area (Å²) in [6, 6.07) is 1.45. The number of aromatic nitrogens is 2. The van der Waals surface area contributed by atoms with E-state index in [0.29, 0.717) is 11.7 Å². The molecule has 86 valence electrons. The number of hydrogen-bond donors (Lipinski definition) is 1. The molecule has 1 aliphatic carbocycles. The van der Waals surface area contributed by atoms with Crippen LogP contribution in [0.3, 0.4) is 0 Å². The molecular formula is C12H16N2O2. The molecule has 1 heterocycles. The van der Waals surface area contributed by atoms with E-state index in [1.807, 2.05) is 0 Å². The van der Waals surface area contributed by atoms with Crippen LogP contribution in [0.15, 0.2) is 12.3 Å². The van der Waals surface area contributed by atoms with Crippen molar-refractivity contribution in [3.8, 4) is 0 Å². The second-order valence-corrected chi connectivity index (χ2v) is 4.29. The van der Waals surface area contributed by atoms with Gasteiger partial charge in [0, 0.05) is 12.1 Å². The Morgan fingerprint density at radius 1 is 1.25 bits per heavy atom. The van der Waals surface area contributed by atoms with Crippen molar-refractivity contribution in [2.24, 2.45) is 0 Å². The Hall–Kier alpha value is -1.45. The first-order valence-corrected chi connectivity index (χ1v) is 5.83. The number of carboxylic acid groups (broad SMARTS) is 1. The first kappa shape index (κ1) is 11.0. The van der Waals surface area contributed by atoms with E-state index in [1.165, 1.54) is 31.7 Å². The maximum Gasteiger partial charge on any atom is 0.354 e. The molecule has 2 rings (SSSR count). The molecule has 1 fully saturated rings. The van der Waals surface area contributed by atoms with Crippen LogP contribution in [0, 0.1) is 0 Å². The van der Waals surface area contributed by atoms with E-state index >= 15 is 0 Å². The van der Waals surface area contributed by atoms with Crippen LogP contribution >= 0.6 is 0 Å². The molecule has 16 heavy (non-hydrogen) atoms. The number of nitrogens with zero attached hydrogens (tertiary/aromatic N) is 2. The van der Waals surface area contributed by atoms with Crippen molar-refractivity contribution in [3.05, 3.63) is 23.8 Å². The average Bonchev–Trinajstić information content (AvgIpc) is 2.57. The number of carboxylic acids is 1. The molecule has 0 atom stereocenters. The van der Waals surface area contributed by atoms with Gasteiger partial charge in [-0.15, -0.1) is 0 Å². The van der Waals surface area contributed by atoms with Crippen LogP contribution in [0.4, 0.5) is 0 Å². The number of hydrogen-bond acceptors (Lipinski definition) is 3. The first-order chi connectivity index (χ1) is 7.77. The molecular weight excluding hydrogens is 204 g/mol. The van der Waals surface area contributed by atoms with Crippen molar-refractivity contribution in [1.82, 2.24) is 9.97 Å². The fourth-order valence-electron chi connectivity index (χ4n) is 2.23. The largest absolute Gasteiger partial charge is 0.477 e. The van der Waals surface area contributed by atoms with Gasteiger partial charge >= 0.3 is 5.97 Å². The maximum absolute atomic E-state index is 10.8. The standard InChI is InChI=1S/C12H16N2O2/c15-12(16)10-7-8-13-11(14-10)9-5-3-1-2-4-6-9/h7-9H,1-6H2,(H,15,16). The predicted molar refractivity (Wildman–Crippen MR) is 59.4 cm³/mol. The average molecular weight is 220 g/mol. The van der Waals surface area contributed by atoms with Gasteiger partial charge in [-0.1, -0.05) is 25.7 Å². The Labute approximate surface area is 94.7 Å². The summed E-state index contributed by atoms with van der Waals surface area (Å²) in [5.41, 5.74) is 0.106. The highest BCUT2D eigenvalue weighted by atomic mass is 16.4. The minimum absolute atomic E-state index is 0.106. The van der Waals surface area contributed by atoms with Crippen LogP contribution in [-0.4, -0.2) is 21.0 Å². The smallest absolute Gasteiger partial charge is 0.354 e. The highest BCUT2D eigenvalue weighted by molar-refractivity contribution is 5.85. The van der Waals surface area contributed by atoms with E-state index in [4.69, 9.17) is 5.11 Å². The highest BCUT2D eigenvalue weighted by Crippen LogP contribution is 2.29. The lowest BCUT2D eigenvalue weighted by atomic mass is 9.99. The number of rotatable bonds is 2. The fraction of sp³-hybridized carbons (Fsp3) is 0.583. The zero-order chi connectivity index (χ0) is 11.4. The number of aromatic carboxylic acids is 1. The van der Waals surface area contributed by atoms with Crippen LogP contribution in [0.25, 0.3) is 0 Å². The monoisotopic (exact) mass is 220 g/mol. The normalized spacial score (nSPS) is 18.0. The summed E-state index contributed by atoms with van der Waals surface area (Å²) in [7, 11) is 0. The maximum atomic E-state index is 10.8. The van der Waals surface area contributed by atoms with Crippen LogP contribution < -0.4 is 0 Å². The Kier molecular flexibility index (Phi) is 3.49. The van der Waals surface area contributed by atoms with Gasteiger partial charge in [-0.05, 0) is 18.9 Å². The third-order valence-corrected chi connectivity index (χ3v) is 3.11. The molecule has 0 amide bonds. The molecule has 1 N–H and O–H groups in total. The molecule has 1 saturated carbocycles. The zero-order valence-electron chi connectivity index (χ0n) is 9.22. The van der Waals surface area contributed by atoms with E-state index in [-0.39, 0.29) is 5.69 Å². The van der Waals surface area contributed by atoms with Gasteiger partial charge in [0.25, 0.3) is 0 Å². The van der Waals surface area contributed by atoms with Gasteiger partial charge in [0.2, 0.25) is 0 Å². The summed E-state index contributed by atoms with van der Waals surface area (Å²) in [6.45, 7) is 0. The Balaban J connectivity index is 2.18. The molecule has 0 radical (unpaired) electrons. The molecule has 4 heteroatoms. The van der Waals surface area contributed by atoms with Gasteiger partial charge in [-0.3, -0.25) is 0 Å². The quantitative estimate of drug-likeness (QED) is 0.778. The van der Waals surface area contributed by atoms with Crippen LogP contribution in [0.5, 0.6) is 0 Å². The predicted octanol–water partition coefficient (Wildman–Crippen LogP) is 2.61. The van der Waals surface area contributed by atoms with E-state index < -0.39 is 5.97 Å². The second kappa shape index (κ2) is 5.05. The molecule has 4 nitrogen and oxygen atoms in total. The molecule has 0 bridgehead atoms. The third kappa shape index (κ3) is 2.56. The first-order valence-electron chi connectivity index (χ1n) is 5.83.